The molecule has 1 aromatic heterocycles. The second-order valence-corrected chi connectivity index (χ2v) is 5.98. The van der Waals surface area contributed by atoms with Crippen LogP contribution in [0, 0.1) is 6.92 Å². The first-order chi connectivity index (χ1) is 12.2. The topological polar surface area (TPSA) is 53.9 Å². The molecule has 0 aliphatic carbocycles. The van der Waals surface area contributed by atoms with Gasteiger partial charge < -0.3 is 10.2 Å². The van der Waals surface area contributed by atoms with E-state index in [1.54, 1.807) is 6.20 Å². The van der Waals surface area contributed by atoms with E-state index in [2.05, 4.69) is 75.6 Å². The summed E-state index contributed by atoms with van der Waals surface area (Å²) in [5.74, 6) is 1.37. The molecule has 0 aliphatic rings. The number of aryl methyl sites for hydroxylation is 1. The number of anilines is 2. The molecule has 0 fully saturated rings. The minimum atomic E-state index is 0.639. The second-order valence-electron chi connectivity index (χ2n) is 5.98. The first kappa shape index (κ1) is 16.9. The second kappa shape index (κ2) is 8.24. The van der Waals surface area contributed by atoms with Crippen LogP contribution < -0.4 is 10.2 Å². The molecule has 3 rings (SSSR count). The molecule has 0 atom stereocenters. The minimum Gasteiger partial charge on any atom is -0.365 e. The Labute approximate surface area is 148 Å². The largest absolute Gasteiger partial charge is 0.365 e. The standard InChI is InChI=1S/C20H23N5/c1-3-25(15-18-7-5-4-6-8-18)20-23-19(14-22-24-20)21-13-17-11-9-16(2)10-12-17/h4-12,14H,3,13,15H2,1-2H3,(H,21,23,24). The summed E-state index contributed by atoms with van der Waals surface area (Å²) < 4.78 is 0. The Hall–Kier alpha value is -2.95. The molecule has 2 aromatic carbocycles. The summed E-state index contributed by atoms with van der Waals surface area (Å²) in [6, 6.07) is 18.8. The molecule has 0 saturated carbocycles. The molecule has 25 heavy (non-hydrogen) atoms. The number of benzene rings is 2. The van der Waals surface area contributed by atoms with Gasteiger partial charge in [-0.3, -0.25) is 0 Å². The molecule has 1 N–H and O–H groups in total. The first-order valence-electron chi connectivity index (χ1n) is 8.52. The van der Waals surface area contributed by atoms with Crippen molar-refractivity contribution in [2.45, 2.75) is 26.9 Å². The number of hydrogen-bond donors (Lipinski definition) is 1. The van der Waals surface area contributed by atoms with Crippen molar-refractivity contribution in [3.63, 3.8) is 0 Å². The highest BCUT2D eigenvalue weighted by atomic mass is 15.3. The lowest BCUT2D eigenvalue weighted by Gasteiger charge is -2.20. The van der Waals surface area contributed by atoms with Gasteiger partial charge in [0, 0.05) is 19.6 Å². The molecule has 0 radical (unpaired) electrons. The quantitative estimate of drug-likeness (QED) is 0.712. The van der Waals surface area contributed by atoms with Crippen molar-refractivity contribution >= 4 is 11.8 Å². The molecular weight excluding hydrogens is 310 g/mol. The van der Waals surface area contributed by atoms with Crippen LogP contribution in [0.1, 0.15) is 23.6 Å². The first-order valence-corrected chi connectivity index (χ1v) is 8.52. The molecule has 128 valence electrons. The summed E-state index contributed by atoms with van der Waals surface area (Å²) in [6.45, 7) is 6.48. The average Bonchev–Trinajstić information content (AvgIpc) is 2.67. The van der Waals surface area contributed by atoms with Gasteiger partial charge in [0.25, 0.3) is 0 Å². The van der Waals surface area contributed by atoms with Crippen molar-refractivity contribution in [3.8, 4) is 0 Å². The molecule has 5 nitrogen and oxygen atoms in total. The van der Waals surface area contributed by atoms with Crippen LogP contribution in [-0.4, -0.2) is 21.7 Å². The zero-order chi connectivity index (χ0) is 17.5. The summed E-state index contributed by atoms with van der Waals surface area (Å²) in [4.78, 5) is 6.72. The molecule has 0 unspecified atom stereocenters. The smallest absolute Gasteiger partial charge is 0.247 e. The highest BCUT2D eigenvalue weighted by Crippen LogP contribution is 2.14. The fourth-order valence-corrected chi connectivity index (χ4v) is 2.54. The van der Waals surface area contributed by atoms with E-state index in [0.717, 1.165) is 18.9 Å². The van der Waals surface area contributed by atoms with Gasteiger partial charge >= 0.3 is 0 Å². The summed E-state index contributed by atoms with van der Waals surface area (Å²) >= 11 is 0. The highest BCUT2D eigenvalue weighted by Gasteiger charge is 2.10. The van der Waals surface area contributed by atoms with Crippen molar-refractivity contribution < 1.29 is 0 Å². The van der Waals surface area contributed by atoms with Gasteiger partial charge in [0.1, 0.15) is 0 Å². The predicted octanol–water partition coefficient (Wildman–Crippen LogP) is 3.82. The number of hydrogen-bond acceptors (Lipinski definition) is 5. The van der Waals surface area contributed by atoms with Crippen LogP contribution in [0.15, 0.2) is 60.8 Å². The summed E-state index contributed by atoms with van der Waals surface area (Å²) in [7, 11) is 0. The van der Waals surface area contributed by atoms with Gasteiger partial charge in [-0.1, -0.05) is 60.2 Å². The fourth-order valence-electron chi connectivity index (χ4n) is 2.54. The number of nitrogens with zero attached hydrogens (tertiary/aromatic N) is 4. The molecule has 0 amide bonds. The van der Waals surface area contributed by atoms with Crippen LogP contribution in [0.5, 0.6) is 0 Å². The SMILES string of the molecule is CCN(Cc1ccccc1)c1nncc(NCc2ccc(C)cc2)n1. The average molecular weight is 333 g/mol. The van der Waals surface area contributed by atoms with E-state index in [-0.39, 0.29) is 0 Å². The Morgan fingerprint density at radius 3 is 2.44 bits per heavy atom. The van der Waals surface area contributed by atoms with Crippen LogP contribution in [0.4, 0.5) is 11.8 Å². The van der Waals surface area contributed by atoms with Crippen molar-refractivity contribution in [2.24, 2.45) is 0 Å². The molecule has 1 heterocycles. The van der Waals surface area contributed by atoms with Gasteiger partial charge in [-0.15, -0.1) is 5.10 Å². The minimum absolute atomic E-state index is 0.639. The van der Waals surface area contributed by atoms with Gasteiger partial charge in [0.05, 0.1) is 6.20 Å². The number of aromatic nitrogens is 3. The van der Waals surface area contributed by atoms with E-state index in [1.165, 1.54) is 16.7 Å². The van der Waals surface area contributed by atoms with Crippen molar-refractivity contribution in [1.29, 1.82) is 0 Å². The predicted molar refractivity (Wildman–Crippen MR) is 101 cm³/mol. The Bertz CT molecular complexity index is 787. The Morgan fingerprint density at radius 1 is 0.960 bits per heavy atom. The Balaban J connectivity index is 1.68. The molecule has 0 aliphatic heterocycles. The lowest BCUT2D eigenvalue weighted by Crippen LogP contribution is -2.25. The summed E-state index contributed by atoms with van der Waals surface area (Å²) in [5, 5.41) is 11.6. The zero-order valence-corrected chi connectivity index (χ0v) is 14.7. The van der Waals surface area contributed by atoms with Gasteiger partial charge in [-0.2, -0.15) is 10.1 Å². The van der Waals surface area contributed by atoms with E-state index in [0.29, 0.717) is 12.5 Å². The monoisotopic (exact) mass is 333 g/mol. The third-order valence-corrected chi connectivity index (χ3v) is 4.02. The number of rotatable bonds is 7. The molecule has 0 spiro atoms. The van der Waals surface area contributed by atoms with E-state index in [9.17, 15) is 0 Å². The number of nitrogens with one attached hydrogen (secondary N) is 1. The van der Waals surface area contributed by atoms with Gasteiger partial charge in [-0.05, 0) is 25.0 Å². The Kier molecular flexibility index (Phi) is 5.57. The lowest BCUT2D eigenvalue weighted by atomic mass is 10.1. The molecular formula is C20H23N5. The Morgan fingerprint density at radius 2 is 1.72 bits per heavy atom. The van der Waals surface area contributed by atoms with E-state index >= 15 is 0 Å². The van der Waals surface area contributed by atoms with E-state index < -0.39 is 0 Å². The van der Waals surface area contributed by atoms with Crippen LogP contribution in [0.2, 0.25) is 0 Å². The third kappa shape index (κ3) is 4.76. The van der Waals surface area contributed by atoms with Crippen molar-refractivity contribution in [3.05, 3.63) is 77.5 Å². The van der Waals surface area contributed by atoms with Crippen molar-refractivity contribution in [1.82, 2.24) is 15.2 Å². The molecule has 0 bridgehead atoms. The van der Waals surface area contributed by atoms with E-state index in [4.69, 9.17) is 0 Å². The van der Waals surface area contributed by atoms with E-state index in [1.807, 2.05) is 18.2 Å². The van der Waals surface area contributed by atoms with Gasteiger partial charge in [0.2, 0.25) is 5.95 Å². The van der Waals surface area contributed by atoms with Crippen LogP contribution in [0.25, 0.3) is 0 Å². The molecule has 3 aromatic rings. The van der Waals surface area contributed by atoms with Crippen LogP contribution in [-0.2, 0) is 13.1 Å². The highest BCUT2D eigenvalue weighted by molar-refractivity contribution is 5.40. The maximum atomic E-state index is 4.61. The maximum Gasteiger partial charge on any atom is 0.247 e. The zero-order valence-electron chi connectivity index (χ0n) is 14.7. The van der Waals surface area contributed by atoms with Crippen molar-refractivity contribution in [2.75, 3.05) is 16.8 Å². The van der Waals surface area contributed by atoms with Crippen LogP contribution >= 0.6 is 0 Å². The van der Waals surface area contributed by atoms with Crippen LogP contribution in [0.3, 0.4) is 0 Å². The normalized spacial score (nSPS) is 10.5. The van der Waals surface area contributed by atoms with Gasteiger partial charge in [0.15, 0.2) is 5.82 Å². The molecule has 0 saturated heterocycles. The maximum absolute atomic E-state index is 4.61. The lowest BCUT2D eigenvalue weighted by molar-refractivity contribution is 0.769. The van der Waals surface area contributed by atoms with Gasteiger partial charge in [-0.25, -0.2) is 0 Å². The summed E-state index contributed by atoms with van der Waals surface area (Å²) in [6.07, 6.45) is 1.66. The summed E-state index contributed by atoms with van der Waals surface area (Å²) in [5.41, 5.74) is 3.70. The third-order valence-electron chi connectivity index (χ3n) is 4.02. The fraction of sp³-hybridized carbons (Fsp3) is 0.250. The molecule has 5 heteroatoms.